The van der Waals surface area contributed by atoms with Crippen LogP contribution in [0, 0.1) is 17.8 Å². The molecular weight excluding hydrogens is 170 g/mol. The molecule has 1 saturated carbocycles. The lowest BCUT2D eigenvalue weighted by atomic mass is 9.81. The standard InChI is InChI=1S/C13H25N/c1-10(2)11-5-3-7-13-12(9-11)6-4-8-14-13/h10-14H,3-9H2,1-2H3. The summed E-state index contributed by atoms with van der Waals surface area (Å²) in [6, 6.07) is 0.868. The first-order chi connectivity index (χ1) is 6.77. The van der Waals surface area contributed by atoms with Crippen molar-refractivity contribution in [2.45, 2.75) is 58.4 Å². The number of piperidine rings is 1. The van der Waals surface area contributed by atoms with E-state index in [0.29, 0.717) is 0 Å². The van der Waals surface area contributed by atoms with Crippen LogP contribution in [0.4, 0.5) is 0 Å². The van der Waals surface area contributed by atoms with E-state index in [1.165, 1.54) is 45.1 Å². The summed E-state index contributed by atoms with van der Waals surface area (Å²) in [7, 11) is 0. The number of hydrogen-bond donors (Lipinski definition) is 1. The van der Waals surface area contributed by atoms with E-state index in [1.54, 1.807) is 0 Å². The molecule has 3 unspecified atom stereocenters. The molecule has 0 aromatic carbocycles. The molecule has 0 aromatic rings. The Balaban J connectivity index is 1.96. The van der Waals surface area contributed by atoms with Crippen molar-refractivity contribution >= 4 is 0 Å². The van der Waals surface area contributed by atoms with Gasteiger partial charge in [-0.25, -0.2) is 0 Å². The molecule has 1 saturated heterocycles. The Labute approximate surface area is 88.7 Å². The Bertz CT molecular complexity index is 176. The number of hydrogen-bond acceptors (Lipinski definition) is 1. The van der Waals surface area contributed by atoms with Gasteiger partial charge in [0.2, 0.25) is 0 Å². The zero-order chi connectivity index (χ0) is 9.97. The largest absolute Gasteiger partial charge is 0.314 e. The summed E-state index contributed by atoms with van der Waals surface area (Å²) in [5.74, 6) is 2.90. The maximum atomic E-state index is 3.72. The summed E-state index contributed by atoms with van der Waals surface area (Å²) >= 11 is 0. The third kappa shape index (κ3) is 2.31. The lowest BCUT2D eigenvalue weighted by molar-refractivity contribution is 0.226. The quantitative estimate of drug-likeness (QED) is 0.677. The second-order valence-electron chi connectivity index (χ2n) is 5.63. The Morgan fingerprint density at radius 1 is 1.07 bits per heavy atom. The monoisotopic (exact) mass is 195 g/mol. The predicted octanol–water partition coefficient (Wildman–Crippen LogP) is 3.20. The highest BCUT2D eigenvalue weighted by atomic mass is 14.9. The lowest BCUT2D eigenvalue weighted by Crippen LogP contribution is -2.41. The normalized spacial score (nSPS) is 39.2. The fourth-order valence-electron chi connectivity index (χ4n) is 3.35. The molecule has 3 atom stereocenters. The lowest BCUT2D eigenvalue weighted by Gasteiger charge is -2.33. The fraction of sp³-hybridized carbons (Fsp3) is 1.00. The smallest absolute Gasteiger partial charge is 0.00954 e. The molecule has 1 aliphatic carbocycles. The van der Waals surface area contributed by atoms with Crippen LogP contribution in [-0.4, -0.2) is 12.6 Å². The second kappa shape index (κ2) is 4.65. The van der Waals surface area contributed by atoms with Crippen LogP contribution in [0.3, 0.4) is 0 Å². The molecule has 0 amide bonds. The molecule has 0 radical (unpaired) electrons. The average molecular weight is 195 g/mol. The van der Waals surface area contributed by atoms with Gasteiger partial charge in [-0.1, -0.05) is 26.7 Å². The van der Waals surface area contributed by atoms with Gasteiger partial charge in [0.15, 0.2) is 0 Å². The van der Waals surface area contributed by atoms with Crippen molar-refractivity contribution in [1.29, 1.82) is 0 Å². The molecule has 0 bridgehead atoms. The van der Waals surface area contributed by atoms with Crippen LogP contribution >= 0.6 is 0 Å². The second-order valence-corrected chi connectivity index (χ2v) is 5.63. The predicted molar refractivity (Wildman–Crippen MR) is 61.3 cm³/mol. The van der Waals surface area contributed by atoms with Crippen LogP contribution in [0.2, 0.25) is 0 Å². The van der Waals surface area contributed by atoms with E-state index in [0.717, 1.165) is 23.8 Å². The van der Waals surface area contributed by atoms with Crippen molar-refractivity contribution in [3.8, 4) is 0 Å². The Hall–Kier alpha value is -0.0400. The van der Waals surface area contributed by atoms with Crippen LogP contribution in [0.5, 0.6) is 0 Å². The molecule has 1 aliphatic heterocycles. The maximum absolute atomic E-state index is 3.72. The third-order valence-electron chi connectivity index (χ3n) is 4.37. The van der Waals surface area contributed by atoms with E-state index in [9.17, 15) is 0 Å². The molecule has 14 heavy (non-hydrogen) atoms. The number of rotatable bonds is 1. The summed E-state index contributed by atoms with van der Waals surface area (Å²) in [6.45, 7) is 6.08. The van der Waals surface area contributed by atoms with Crippen LogP contribution in [0.15, 0.2) is 0 Å². The number of nitrogens with one attached hydrogen (secondary N) is 1. The molecule has 1 heterocycles. The van der Waals surface area contributed by atoms with Gasteiger partial charge in [-0.15, -0.1) is 0 Å². The molecule has 0 spiro atoms. The van der Waals surface area contributed by atoms with Crippen LogP contribution in [0.1, 0.15) is 52.4 Å². The third-order valence-corrected chi connectivity index (χ3v) is 4.37. The molecule has 2 rings (SSSR count). The number of fused-ring (bicyclic) bond motifs is 1. The van der Waals surface area contributed by atoms with Gasteiger partial charge < -0.3 is 5.32 Å². The average Bonchev–Trinajstić information content (AvgIpc) is 2.39. The van der Waals surface area contributed by atoms with Gasteiger partial charge in [0.25, 0.3) is 0 Å². The van der Waals surface area contributed by atoms with Gasteiger partial charge in [-0.05, 0) is 50.0 Å². The summed E-state index contributed by atoms with van der Waals surface area (Å²) < 4.78 is 0. The molecule has 1 N–H and O–H groups in total. The molecule has 1 nitrogen and oxygen atoms in total. The van der Waals surface area contributed by atoms with E-state index < -0.39 is 0 Å². The van der Waals surface area contributed by atoms with E-state index in [1.807, 2.05) is 0 Å². The Kier molecular flexibility index (Phi) is 3.48. The fourth-order valence-corrected chi connectivity index (χ4v) is 3.35. The van der Waals surface area contributed by atoms with Crippen molar-refractivity contribution in [2.75, 3.05) is 6.54 Å². The molecule has 82 valence electrons. The summed E-state index contributed by atoms with van der Waals surface area (Å²) in [6.07, 6.45) is 8.76. The first kappa shape index (κ1) is 10.5. The first-order valence-electron chi connectivity index (χ1n) is 6.50. The van der Waals surface area contributed by atoms with Crippen molar-refractivity contribution in [1.82, 2.24) is 5.32 Å². The van der Waals surface area contributed by atoms with Crippen LogP contribution in [0.25, 0.3) is 0 Å². The van der Waals surface area contributed by atoms with Gasteiger partial charge in [0, 0.05) is 6.04 Å². The van der Waals surface area contributed by atoms with E-state index in [4.69, 9.17) is 0 Å². The zero-order valence-electron chi connectivity index (χ0n) is 9.76. The van der Waals surface area contributed by atoms with Gasteiger partial charge in [-0.2, -0.15) is 0 Å². The summed E-state index contributed by atoms with van der Waals surface area (Å²) in [5, 5.41) is 3.72. The van der Waals surface area contributed by atoms with Crippen molar-refractivity contribution in [3.63, 3.8) is 0 Å². The minimum Gasteiger partial charge on any atom is -0.314 e. The maximum Gasteiger partial charge on any atom is 0.00954 e. The van der Waals surface area contributed by atoms with Crippen molar-refractivity contribution < 1.29 is 0 Å². The summed E-state index contributed by atoms with van der Waals surface area (Å²) in [5.41, 5.74) is 0. The van der Waals surface area contributed by atoms with Crippen LogP contribution in [-0.2, 0) is 0 Å². The van der Waals surface area contributed by atoms with Gasteiger partial charge in [-0.3, -0.25) is 0 Å². The first-order valence-corrected chi connectivity index (χ1v) is 6.50. The zero-order valence-corrected chi connectivity index (χ0v) is 9.76. The molecular formula is C13H25N. The Morgan fingerprint density at radius 2 is 1.93 bits per heavy atom. The van der Waals surface area contributed by atoms with Gasteiger partial charge >= 0.3 is 0 Å². The van der Waals surface area contributed by atoms with E-state index in [-0.39, 0.29) is 0 Å². The minimum absolute atomic E-state index is 0.868. The minimum atomic E-state index is 0.868. The highest BCUT2D eigenvalue weighted by Gasteiger charge is 2.30. The van der Waals surface area contributed by atoms with Crippen LogP contribution < -0.4 is 5.32 Å². The molecule has 2 fully saturated rings. The topological polar surface area (TPSA) is 12.0 Å². The SMILES string of the molecule is CC(C)C1CCCC2NCCCC2C1. The van der Waals surface area contributed by atoms with E-state index >= 15 is 0 Å². The van der Waals surface area contributed by atoms with Crippen molar-refractivity contribution in [2.24, 2.45) is 17.8 Å². The molecule has 2 aliphatic rings. The molecule has 0 aromatic heterocycles. The van der Waals surface area contributed by atoms with Crippen molar-refractivity contribution in [3.05, 3.63) is 0 Å². The van der Waals surface area contributed by atoms with Gasteiger partial charge in [0.1, 0.15) is 0 Å². The van der Waals surface area contributed by atoms with Gasteiger partial charge in [0.05, 0.1) is 0 Å². The highest BCUT2D eigenvalue weighted by molar-refractivity contribution is 4.86. The Morgan fingerprint density at radius 3 is 2.71 bits per heavy atom. The highest BCUT2D eigenvalue weighted by Crippen LogP contribution is 2.35. The van der Waals surface area contributed by atoms with E-state index in [2.05, 4.69) is 19.2 Å². The summed E-state index contributed by atoms with van der Waals surface area (Å²) in [4.78, 5) is 0. The molecule has 1 heteroatoms.